The number of likely N-dealkylation sites (tertiary alicyclic amines) is 1. The van der Waals surface area contributed by atoms with Crippen molar-refractivity contribution in [3.63, 3.8) is 0 Å². The van der Waals surface area contributed by atoms with Crippen LogP contribution in [0.4, 0.5) is 0 Å². The van der Waals surface area contributed by atoms with Gasteiger partial charge in [0.25, 0.3) is 11.5 Å². The summed E-state index contributed by atoms with van der Waals surface area (Å²) in [7, 11) is 0. The Labute approximate surface area is 144 Å². The van der Waals surface area contributed by atoms with E-state index in [0.717, 1.165) is 23.1 Å². The molecule has 1 saturated heterocycles. The van der Waals surface area contributed by atoms with E-state index in [2.05, 4.69) is 0 Å². The third kappa shape index (κ3) is 2.30. The van der Waals surface area contributed by atoms with Crippen LogP contribution in [0.15, 0.2) is 57.7 Å². The van der Waals surface area contributed by atoms with Crippen molar-refractivity contribution in [2.45, 2.75) is 18.9 Å². The molecule has 25 heavy (non-hydrogen) atoms. The highest BCUT2D eigenvalue weighted by molar-refractivity contribution is 5.96. The minimum absolute atomic E-state index is 0.0578. The Hall–Kier alpha value is -2.82. The van der Waals surface area contributed by atoms with E-state index < -0.39 is 0 Å². The Morgan fingerprint density at radius 2 is 1.92 bits per heavy atom. The van der Waals surface area contributed by atoms with Crippen LogP contribution in [0.3, 0.4) is 0 Å². The SMILES string of the molecule is O=C(c1cc2ccccc2o1)N1C[C@@H]2C[C@@H](C1)c1cccc(=O)n1C2. The maximum absolute atomic E-state index is 12.9. The molecule has 1 aromatic carbocycles. The number of pyridine rings is 1. The van der Waals surface area contributed by atoms with Crippen LogP contribution in [0.1, 0.15) is 28.6 Å². The molecule has 2 bridgehead atoms. The molecule has 0 spiro atoms. The minimum Gasteiger partial charge on any atom is -0.451 e. The highest BCUT2D eigenvalue weighted by Crippen LogP contribution is 2.35. The number of benzene rings is 1. The summed E-state index contributed by atoms with van der Waals surface area (Å²) in [5.41, 5.74) is 1.84. The van der Waals surface area contributed by atoms with Gasteiger partial charge in [0.2, 0.25) is 0 Å². The quantitative estimate of drug-likeness (QED) is 0.688. The third-order valence-electron chi connectivity index (χ3n) is 5.40. The molecule has 0 saturated carbocycles. The number of amides is 1. The van der Waals surface area contributed by atoms with Crippen LogP contribution in [0.25, 0.3) is 11.0 Å². The van der Waals surface area contributed by atoms with Crippen molar-refractivity contribution in [1.29, 1.82) is 0 Å². The molecule has 4 heterocycles. The average molecular weight is 334 g/mol. The molecule has 0 aliphatic carbocycles. The largest absolute Gasteiger partial charge is 0.451 e. The Morgan fingerprint density at radius 3 is 2.80 bits per heavy atom. The van der Waals surface area contributed by atoms with Gasteiger partial charge in [-0.05, 0) is 30.5 Å². The Morgan fingerprint density at radius 1 is 1.04 bits per heavy atom. The van der Waals surface area contributed by atoms with Gasteiger partial charge in [0.1, 0.15) is 5.58 Å². The molecule has 2 aromatic heterocycles. The molecule has 2 aliphatic heterocycles. The molecular weight excluding hydrogens is 316 g/mol. The second-order valence-electron chi connectivity index (χ2n) is 7.06. The van der Waals surface area contributed by atoms with Crippen LogP contribution in [0.2, 0.25) is 0 Å². The van der Waals surface area contributed by atoms with Crippen molar-refractivity contribution in [2.75, 3.05) is 13.1 Å². The Bertz CT molecular complexity index is 1000. The molecule has 5 heteroatoms. The lowest BCUT2D eigenvalue weighted by molar-refractivity contribution is 0.0566. The van der Waals surface area contributed by atoms with Crippen molar-refractivity contribution >= 4 is 16.9 Å². The van der Waals surface area contributed by atoms with E-state index in [1.165, 1.54) is 0 Å². The first-order chi connectivity index (χ1) is 12.2. The first-order valence-electron chi connectivity index (χ1n) is 8.66. The van der Waals surface area contributed by atoms with Crippen LogP contribution in [0.5, 0.6) is 0 Å². The summed E-state index contributed by atoms with van der Waals surface area (Å²) < 4.78 is 7.62. The number of furan rings is 1. The zero-order valence-corrected chi connectivity index (χ0v) is 13.7. The van der Waals surface area contributed by atoms with E-state index in [1.54, 1.807) is 6.07 Å². The first kappa shape index (κ1) is 14.5. The molecule has 1 amide bonds. The van der Waals surface area contributed by atoms with Crippen LogP contribution in [0, 0.1) is 5.92 Å². The average Bonchev–Trinajstić information content (AvgIpc) is 3.06. The first-order valence-corrected chi connectivity index (χ1v) is 8.66. The van der Waals surface area contributed by atoms with Gasteiger partial charge in [0.05, 0.1) is 0 Å². The van der Waals surface area contributed by atoms with Crippen molar-refractivity contribution in [1.82, 2.24) is 9.47 Å². The fourth-order valence-electron chi connectivity index (χ4n) is 4.31. The number of para-hydroxylation sites is 1. The van der Waals surface area contributed by atoms with Gasteiger partial charge in [0.15, 0.2) is 5.76 Å². The summed E-state index contributed by atoms with van der Waals surface area (Å²) in [6.45, 7) is 2.00. The molecule has 0 unspecified atom stereocenters. The van der Waals surface area contributed by atoms with E-state index in [4.69, 9.17) is 4.42 Å². The highest BCUT2D eigenvalue weighted by Gasteiger charge is 2.37. The van der Waals surface area contributed by atoms with Crippen molar-refractivity contribution < 1.29 is 9.21 Å². The predicted octanol–water partition coefficient (Wildman–Crippen LogP) is 2.85. The molecule has 2 atom stereocenters. The van der Waals surface area contributed by atoms with Crippen LogP contribution < -0.4 is 5.56 Å². The van der Waals surface area contributed by atoms with Gasteiger partial charge in [-0.2, -0.15) is 0 Å². The van der Waals surface area contributed by atoms with Crippen LogP contribution in [-0.4, -0.2) is 28.5 Å². The topological polar surface area (TPSA) is 55.5 Å². The van der Waals surface area contributed by atoms with Crippen molar-refractivity contribution in [3.05, 3.63) is 70.3 Å². The lowest BCUT2D eigenvalue weighted by Crippen LogP contribution is -2.49. The van der Waals surface area contributed by atoms with Crippen LogP contribution >= 0.6 is 0 Å². The number of aromatic nitrogens is 1. The monoisotopic (exact) mass is 334 g/mol. The maximum Gasteiger partial charge on any atom is 0.289 e. The fourth-order valence-corrected chi connectivity index (χ4v) is 4.31. The van der Waals surface area contributed by atoms with Crippen molar-refractivity contribution in [2.24, 2.45) is 5.92 Å². The molecule has 1 fully saturated rings. The third-order valence-corrected chi connectivity index (χ3v) is 5.40. The predicted molar refractivity (Wildman–Crippen MR) is 93.7 cm³/mol. The molecule has 126 valence electrons. The molecule has 3 aromatic rings. The van der Waals surface area contributed by atoms with E-state index in [0.29, 0.717) is 31.3 Å². The fraction of sp³-hybridized carbons (Fsp3) is 0.300. The Balaban J connectivity index is 1.46. The number of fused-ring (bicyclic) bond motifs is 5. The summed E-state index contributed by atoms with van der Waals surface area (Å²) in [5.74, 6) is 0.874. The van der Waals surface area contributed by atoms with E-state index in [-0.39, 0.29) is 17.4 Å². The zero-order chi connectivity index (χ0) is 17.0. The lowest BCUT2D eigenvalue weighted by atomic mass is 9.83. The Kier molecular flexibility index (Phi) is 3.10. The minimum atomic E-state index is -0.0578. The number of rotatable bonds is 1. The molecule has 5 nitrogen and oxygen atoms in total. The number of hydrogen-bond donors (Lipinski definition) is 0. The van der Waals surface area contributed by atoms with Gasteiger partial charge in [-0.25, -0.2) is 0 Å². The van der Waals surface area contributed by atoms with Gasteiger partial charge in [-0.15, -0.1) is 0 Å². The molecular formula is C20H18N2O3. The van der Waals surface area contributed by atoms with Gasteiger partial charge in [-0.1, -0.05) is 24.3 Å². The summed E-state index contributed by atoms with van der Waals surface area (Å²) in [5, 5.41) is 0.944. The second kappa shape index (κ2) is 5.34. The summed E-state index contributed by atoms with van der Waals surface area (Å²) in [4.78, 5) is 26.9. The van der Waals surface area contributed by atoms with Crippen LogP contribution in [-0.2, 0) is 6.54 Å². The van der Waals surface area contributed by atoms with Crippen molar-refractivity contribution in [3.8, 4) is 0 Å². The smallest absolute Gasteiger partial charge is 0.289 e. The molecule has 2 aliphatic rings. The summed E-state index contributed by atoms with van der Waals surface area (Å²) in [6.07, 6.45) is 1.04. The van der Waals surface area contributed by atoms with E-state index in [9.17, 15) is 9.59 Å². The molecule has 0 N–H and O–H groups in total. The summed E-state index contributed by atoms with van der Waals surface area (Å²) in [6, 6.07) is 14.9. The summed E-state index contributed by atoms with van der Waals surface area (Å²) >= 11 is 0. The van der Waals surface area contributed by atoms with Gasteiger partial charge in [0, 0.05) is 42.7 Å². The van der Waals surface area contributed by atoms with Gasteiger partial charge >= 0.3 is 0 Å². The number of carbonyl (C=O) groups excluding carboxylic acids is 1. The zero-order valence-electron chi connectivity index (χ0n) is 13.7. The molecule has 0 radical (unpaired) electrons. The van der Waals surface area contributed by atoms with Gasteiger partial charge in [-0.3, -0.25) is 9.59 Å². The normalized spacial score (nSPS) is 22.0. The molecule has 5 rings (SSSR count). The van der Waals surface area contributed by atoms with E-state index in [1.807, 2.05) is 51.9 Å². The lowest BCUT2D eigenvalue weighted by Gasteiger charge is -2.42. The number of piperidine rings is 1. The number of carbonyl (C=O) groups is 1. The highest BCUT2D eigenvalue weighted by atomic mass is 16.3. The second-order valence-corrected chi connectivity index (χ2v) is 7.06. The number of nitrogens with zero attached hydrogens (tertiary/aromatic N) is 2. The van der Waals surface area contributed by atoms with Gasteiger partial charge < -0.3 is 13.9 Å². The maximum atomic E-state index is 12.9. The van der Waals surface area contributed by atoms with E-state index >= 15 is 0 Å². The standard InChI is InChI=1S/C20H18N2O3/c23-19-7-3-5-16-15-8-13(11-22(16)19)10-21(12-15)20(24)18-9-14-4-1-2-6-17(14)25-18/h1-7,9,13,15H,8,10-12H2/t13-,15-/m0/s1. The number of hydrogen-bond acceptors (Lipinski definition) is 3.